The van der Waals surface area contributed by atoms with Crippen LogP contribution in [0.4, 0.5) is 14.5 Å². The molecule has 112 valence electrons. The molecule has 1 aliphatic rings. The molecule has 1 aromatic rings. The molecule has 1 saturated heterocycles. The number of aryl methyl sites for hydroxylation is 1. The third-order valence-electron chi connectivity index (χ3n) is 3.99. The highest BCUT2D eigenvalue weighted by atomic mass is 19.1. The van der Waals surface area contributed by atoms with Crippen molar-refractivity contribution in [3.8, 4) is 0 Å². The topological polar surface area (TPSA) is 15.3 Å². The second-order valence-electron chi connectivity index (χ2n) is 5.67. The predicted octanol–water partition coefficient (Wildman–Crippen LogP) is 3.95. The molecule has 0 spiro atoms. The van der Waals surface area contributed by atoms with E-state index in [9.17, 15) is 8.78 Å². The monoisotopic (exact) mass is 282 g/mol. The number of likely N-dealkylation sites (tertiary alicyclic amines) is 1. The highest BCUT2D eigenvalue weighted by Gasteiger charge is 2.19. The van der Waals surface area contributed by atoms with Crippen LogP contribution in [0, 0.1) is 18.6 Å². The summed E-state index contributed by atoms with van der Waals surface area (Å²) < 4.78 is 27.8. The zero-order chi connectivity index (χ0) is 14.5. The van der Waals surface area contributed by atoms with Gasteiger partial charge in [0.1, 0.15) is 11.5 Å². The highest BCUT2D eigenvalue weighted by molar-refractivity contribution is 5.49. The van der Waals surface area contributed by atoms with Gasteiger partial charge in [0, 0.05) is 12.6 Å². The van der Waals surface area contributed by atoms with E-state index in [0.29, 0.717) is 5.56 Å². The summed E-state index contributed by atoms with van der Waals surface area (Å²) in [6.45, 7) is 7.04. The molecule has 1 aliphatic heterocycles. The number of benzene rings is 1. The van der Waals surface area contributed by atoms with E-state index in [0.717, 1.165) is 45.3 Å². The van der Waals surface area contributed by atoms with Crippen molar-refractivity contribution in [2.75, 3.05) is 25.0 Å². The number of nitrogens with one attached hydrogen (secondary N) is 1. The van der Waals surface area contributed by atoms with Crippen molar-refractivity contribution in [3.63, 3.8) is 0 Å². The van der Waals surface area contributed by atoms with Crippen molar-refractivity contribution in [1.29, 1.82) is 0 Å². The lowest BCUT2D eigenvalue weighted by Crippen LogP contribution is -2.27. The van der Waals surface area contributed by atoms with Gasteiger partial charge in [0.2, 0.25) is 0 Å². The van der Waals surface area contributed by atoms with E-state index in [-0.39, 0.29) is 11.7 Å². The molecule has 4 heteroatoms. The standard InChI is InChI=1S/C16H24F2N2/c1-3-9-20-10-4-5-13(8-11-20)19-16-14(17)7-6-12(2)15(16)18/h6-7,13,19H,3-5,8-11H2,1-2H3. The molecule has 0 aliphatic carbocycles. The van der Waals surface area contributed by atoms with Crippen LogP contribution in [0.5, 0.6) is 0 Å². The first-order valence-corrected chi connectivity index (χ1v) is 7.55. The van der Waals surface area contributed by atoms with Crippen molar-refractivity contribution in [2.24, 2.45) is 0 Å². The summed E-state index contributed by atoms with van der Waals surface area (Å²) in [7, 11) is 0. The quantitative estimate of drug-likeness (QED) is 0.899. The second-order valence-corrected chi connectivity index (χ2v) is 5.67. The van der Waals surface area contributed by atoms with Crippen LogP contribution in [0.3, 0.4) is 0 Å². The molecular formula is C16H24F2N2. The molecule has 0 radical (unpaired) electrons. The lowest BCUT2D eigenvalue weighted by atomic mass is 10.1. The van der Waals surface area contributed by atoms with Crippen LogP contribution in [0.15, 0.2) is 12.1 Å². The van der Waals surface area contributed by atoms with Crippen LogP contribution in [-0.2, 0) is 0 Å². The van der Waals surface area contributed by atoms with E-state index in [2.05, 4.69) is 17.1 Å². The van der Waals surface area contributed by atoms with E-state index in [1.54, 1.807) is 6.92 Å². The van der Waals surface area contributed by atoms with Gasteiger partial charge in [-0.15, -0.1) is 0 Å². The third kappa shape index (κ3) is 3.69. The molecule has 1 atom stereocenters. The zero-order valence-electron chi connectivity index (χ0n) is 12.4. The molecule has 0 amide bonds. The van der Waals surface area contributed by atoms with Crippen LogP contribution in [0.25, 0.3) is 0 Å². The van der Waals surface area contributed by atoms with Gasteiger partial charge in [-0.3, -0.25) is 0 Å². The molecule has 0 aromatic heterocycles. The van der Waals surface area contributed by atoms with Crippen molar-refractivity contribution < 1.29 is 8.78 Å². The SMILES string of the molecule is CCCN1CCCC(Nc2c(F)ccc(C)c2F)CC1. The Hall–Kier alpha value is -1.16. The average Bonchev–Trinajstić information content (AvgIpc) is 2.65. The maximum atomic E-state index is 14.0. The van der Waals surface area contributed by atoms with Crippen molar-refractivity contribution in [1.82, 2.24) is 4.90 Å². The second kappa shape index (κ2) is 7.02. The predicted molar refractivity (Wildman–Crippen MR) is 79.1 cm³/mol. The molecule has 20 heavy (non-hydrogen) atoms. The zero-order valence-corrected chi connectivity index (χ0v) is 12.4. The van der Waals surface area contributed by atoms with Crippen molar-refractivity contribution >= 4 is 5.69 Å². The Morgan fingerprint density at radius 1 is 1.25 bits per heavy atom. The van der Waals surface area contributed by atoms with E-state index in [1.807, 2.05) is 0 Å². The number of halogens is 2. The van der Waals surface area contributed by atoms with Crippen LogP contribution in [0.1, 0.15) is 38.2 Å². The summed E-state index contributed by atoms with van der Waals surface area (Å²) in [5.74, 6) is -0.956. The summed E-state index contributed by atoms with van der Waals surface area (Å²) in [6, 6.07) is 2.97. The van der Waals surface area contributed by atoms with Crippen LogP contribution < -0.4 is 5.32 Å². The molecule has 2 nitrogen and oxygen atoms in total. The number of nitrogens with zero attached hydrogens (tertiary/aromatic N) is 1. The number of rotatable bonds is 4. The van der Waals surface area contributed by atoms with E-state index >= 15 is 0 Å². The molecule has 1 fully saturated rings. The van der Waals surface area contributed by atoms with Gasteiger partial charge in [-0.1, -0.05) is 13.0 Å². The first-order chi connectivity index (χ1) is 9.61. The maximum absolute atomic E-state index is 14.0. The van der Waals surface area contributed by atoms with Crippen LogP contribution in [0.2, 0.25) is 0 Å². The Morgan fingerprint density at radius 2 is 2.05 bits per heavy atom. The molecule has 1 aromatic carbocycles. The summed E-state index contributed by atoms with van der Waals surface area (Å²) in [4.78, 5) is 2.44. The first-order valence-electron chi connectivity index (χ1n) is 7.55. The lowest BCUT2D eigenvalue weighted by Gasteiger charge is -2.21. The minimum atomic E-state index is -0.497. The van der Waals surface area contributed by atoms with Gasteiger partial charge in [0.25, 0.3) is 0 Å². The summed E-state index contributed by atoms with van der Waals surface area (Å²) in [6.07, 6.45) is 4.13. The molecule has 0 bridgehead atoms. The van der Waals surface area contributed by atoms with E-state index in [1.165, 1.54) is 12.1 Å². The Kier molecular flexibility index (Phi) is 5.35. The maximum Gasteiger partial charge on any atom is 0.152 e. The van der Waals surface area contributed by atoms with E-state index in [4.69, 9.17) is 0 Å². The van der Waals surface area contributed by atoms with Gasteiger partial charge in [-0.05, 0) is 57.3 Å². The van der Waals surface area contributed by atoms with Gasteiger partial charge >= 0.3 is 0 Å². The molecule has 1 unspecified atom stereocenters. The average molecular weight is 282 g/mol. The Balaban J connectivity index is 2.02. The number of hydrogen-bond donors (Lipinski definition) is 1. The largest absolute Gasteiger partial charge is 0.378 e. The summed E-state index contributed by atoms with van der Waals surface area (Å²) in [5.41, 5.74) is 0.522. The van der Waals surface area contributed by atoms with Crippen LogP contribution >= 0.6 is 0 Å². The number of hydrogen-bond acceptors (Lipinski definition) is 2. The van der Waals surface area contributed by atoms with Gasteiger partial charge in [0.05, 0.1) is 0 Å². The molecular weight excluding hydrogens is 258 g/mol. The molecule has 1 N–H and O–H groups in total. The fraction of sp³-hybridized carbons (Fsp3) is 0.625. The first kappa shape index (κ1) is 15.2. The lowest BCUT2D eigenvalue weighted by molar-refractivity contribution is 0.285. The molecule has 2 rings (SSSR count). The highest BCUT2D eigenvalue weighted by Crippen LogP contribution is 2.24. The third-order valence-corrected chi connectivity index (χ3v) is 3.99. The minimum Gasteiger partial charge on any atom is -0.378 e. The van der Waals surface area contributed by atoms with E-state index < -0.39 is 11.6 Å². The Bertz CT molecular complexity index is 448. The fourth-order valence-electron chi connectivity index (χ4n) is 2.83. The van der Waals surface area contributed by atoms with Gasteiger partial charge in [-0.25, -0.2) is 8.78 Å². The van der Waals surface area contributed by atoms with Crippen molar-refractivity contribution in [2.45, 2.75) is 45.6 Å². The summed E-state index contributed by atoms with van der Waals surface area (Å²) in [5, 5.41) is 3.08. The van der Waals surface area contributed by atoms with Crippen LogP contribution in [-0.4, -0.2) is 30.6 Å². The van der Waals surface area contributed by atoms with Gasteiger partial charge in [-0.2, -0.15) is 0 Å². The Labute approximate surface area is 120 Å². The smallest absolute Gasteiger partial charge is 0.152 e. The normalized spacial score (nSPS) is 20.7. The van der Waals surface area contributed by atoms with Gasteiger partial charge < -0.3 is 10.2 Å². The molecule has 1 heterocycles. The number of anilines is 1. The summed E-state index contributed by atoms with van der Waals surface area (Å²) >= 11 is 0. The Morgan fingerprint density at radius 3 is 2.80 bits per heavy atom. The molecule has 0 saturated carbocycles. The van der Waals surface area contributed by atoms with Crippen molar-refractivity contribution in [3.05, 3.63) is 29.3 Å². The van der Waals surface area contributed by atoms with Gasteiger partial charge in [0.15, 0.2) is 5.82 Å². The minimum absolute atomic E-state index is 0.0407. The fourth-order valence-corrected chi connectivity index (χ4v) is 2.83.